The Morgan fingerprint density at radius 2 is 2.27 bits per heavy atom. The molecule has 0 saturated carbocycles. The zero-order valence-corrected chi connectivity index (χ0v) is 13.2. The lowest BCUT2D eigenvalue weighted by Gasteiger charge is -2.24. The summed E-state index contributed by atoms with van der Waals surface area (Å²) >= 11 is 2.00. The average Bonchev–Trinajstić information content (AvgIpc) is 2.98. The van der Waals surface area contributed by atoms with E-state index in [4.69, 9.17) is 10.5 Å². The maximum atomic E-state index is 10.3. The number of ether oxygens (including phenoxy) is 1. The van der Waals surface area contributed by atoms with Crippen molar-refractivity contribution < 1.29 is 20.1 Å². The van der Waals surface area contributed by atoms with Gasteiger partial charge in [0.15, 0.2) is 5.82 Å². The molecule has 22 heavy (non-hydrogen) atoms. The van der Waals surface area contributed by atoms with E-state index in [-0.39, 0.29) is 11.5 Å². The van der Waals surface area contributed by atoms with E-state index in [0.29, 0.717) is 9.09 Å². The molecular formula is C12H12IN5O4. The van der Waals surface area contributed by atoms with Crippen LogP contribution < -0.4 is 5.73 Å². The number of fused-ring (bicyclic) bond motifs is 1. The van der Waals surface area contributed by atoms with Gasteiger partial charge in [-0.1, -0.05) is 0 Å². The molecule has 9 nitrogen and oxygen atoms in total. The minimum Gasteiger partial charge on any atom is -0.394 e. The van der Waals surface area contributed by atoms with Crippen molar-refractivity contribution in [1.29, 1.82) is 5.26 Å². The smallest absolute Gasteiger partial charge is 0.225 e. The van der Waals surface area contributed by atoms with Crippen LogP contribution in [0.5, 0.6) is 0 Å². The van der Waals surface area contributed by atoms with Gasteiger partial charge in [-0.05, 0) is 28.7 Å². The second-order valence-corrected chi connectivity index (χ2v) is 6.07. The number of hydrogen-bond donors (Lipinski definition) is 4. The highest BCUT2D eigenvalue weighted by Gasteiger charge is 2.57. The number of nitrogen functional groups attached to an aromatic ring is 1. The third-order valence-corrected chi connectivity index (χ3v) is 4.54. The van der Waals surface area contributed by atoms with Crippen molar-refractivity contribution in [3.8, 4) is 6.07 Å². The molecular weight excluding hydrogens is 405 g/mol. The largest absolute Gasteiger partial charge is 0.394 e. The summed E-state index contributed by atoms with van der Waals surface area (Å²) in [6.07, 6.45) is -2.79. The Kier molecular flexibility index (Phi) is 3.69. The fourth-order valence-corrected chi connectivity index (χ4v) is 3.42. The Balaban J connectivity index is 2.26. The molecule has 0 bridgehead atoms. The maximum Gasteiger partial charge on any atom is 0.225 e. The molecule has 5 N–H and O–H groups in total. The van der Waals surface area contributed by atoms with Gasteiger partial charge in [-0.3, -0.25) is 0 Å². The van der Waals surface area contributed by atoms with Crippen LogP contribution in [-0.4, -0.2) is 54.8 Å². The number of aliphatic hydroxyl groups is 3. The van der Waals surface area contributed by atoms with Crippen LogP contribution in [0.25, 0.3) is 5.52 Å². The molecule has 0 amide bonds. The number of nitrogens with two attached hydrogens (primary N) is 1. The van der Waals surface area contributed by atoms with E-state index in [1.165, 1.54) is 10.8 Å². The van der Waals surface area contributed by atoms with Gasteiger partial charge in [0.05, 0.1) is 12.3 Å². The van der Waals surface area contributed by atoms with Crippen LogP contribution in [0.3, 0.4) is 0 Å². The first-order valence-electron chi connectivity index (χ1n) is 6.30. The number of nitrogens with zero attached hydrogens (tertiary/aromatic N) is 4. The summed E-state index contributed by atoms with van der Waals surface area (Å²) in [7, 11) is 0. The standard InChI is InChI=1S/C12H12IN5O4/c13-5-1-7(18-8(5)11(15)16-4-17-18)12(3-14)10(21)9(20)6(2-19)22-12/h1,4,6,9-10,19-21H,2H2,(H2,15,16,17)/t6-,9-,10-,12-/m1/s1. The van der Waals surface area contributed by atoms with E-state index in [2.05, 4.69) is 10.1 Å². The van der Waals surface area contributed by atoms with Crippen LogP contribution in [0.2, 0.25) is 0 Å². The van der Waals surface area contributed by atoms with Gasteiger partial charge < -0.3 is 25.8 Å². The number of nitriles is 1. The van der Waals surface area contributed by atoms with Crippen molar-refractivity contribution in [3.63, 3.8) is 0 Å². The lowest BCUT2D eigenvalue weighted by atomic mass is 9.92. The van der Waals surface area contributed by atoms with Gasteiger partial charge >= 0.3 is 0 Å². The highest BCUT2D eigenvalue weighted by atomic mass is 127. The van der Waals surface area contributed by atoms with Crippen LogP contribution in [0.4, 0.5) is 5.82 Å². The number of halogens is 1. The van der Waals surface area contributed by atoms with Gasteiger partial charge in [0.2, 0.25) is 5.60 Å². The van der Waals surface area contributed by atoms with Crippen LogP contribution in [-0.2, 0) is 10.3 Å². The van der Waals surface area contributed by atoms with E-state index < -0.39 is 30.5 Å². The molecule has 1 aliphatic rings. The van der Waals surface area contributed by atoms with Crippen molar-refractivity contribution in [2.75, 3.05) is 12.3 Å². The van der Waals surface area contributed by atoms with E-state index in [0.717, 1.165) is 0 Å². The average molecular weight is 417 g/mol. The third-order valence-electron chi connectivity index (χ3n) is 3.72. The topological polar surface area (TPSA) is 150 Å². The SMILES string of the molecule is N#C[C@]1(c2cc(I)c3c(N)ncnn23)O[C@H](CO)[C@@H](O)[C@H]1O. The van der Waals surface area contributed by atoms with Crippen molar-refractivity contribution in [1.82, 2.24) is 14.6 Å². The highest BCUT2D eigenvalue weighted by molar-refractivity contribution is 14.1. The molecule has 3 heterocycles. The maximum absolute atomic E-state index is 10.3. The van der Waals surface area contributed by atoms with Gasteiger partial charge in [-0.25, -0.2) is 9.50 Å². The molecule has 0 aromatic carbocycles. The lowest BCUT2D eigenvalue weighted by molar-refractivity contribution is -0.0643. The molecule has 0 unspecified atom stereocenters. The Bertz CT molecular complexity index is 775. The summed E-state index contributed by atoms with van der Waals surface area (Å²) in [5.74, 6) is 0.213. The second kappa shape index (κ2) is 5.28. The van der Waals surface area contributed by atoms with Crippen LogP contribution >= 0.6 is 22.6 Å². The summed E-state index contributed by atoms with van der Waals surface area (Å²) in [6, 6.07) is 3.48. The van der Waals surface area contributed by atoms with Crippen LogP contribution in [0, 0.1) is 14.9 Å². The number of aromatic nitrogens is 3. The Labute approximate surface area is 138 Å². The van der Waals surface area contributed by atoms with Crippen LogP contribution in [0.15, 0.2) is 12.4 Å². The molecule has 0 spiro atoms. The van der Waals surface area contributed by atoms with Gasteiger partial charge in [0.25, 0.3) is 0 Å². The molecule has 116 valence electrons. The summed E-state index contributed by atoms with van der Waals surface area (Å²) in [5.41, 5.74) is 4.65. The minimum atomic E-state index is -1.86. The molecule has 0 aliphatic carbocycles. The number of aliphatic hydroxyl groups excluding tert-OH is 3. The second-order valence-electron chi connectivity index (χ2n) is 4.90. The van der Waals surface area contributed by atoms with Crippen molar-refractivity contribution in [2.24, 2.45) is 0 Å². The molecule has 0 radical (unpaired) electrons. The first-order valence-corrected chi connectivity index (χ1v) is 7.38. The monoisotopic (exact) mass is 417 g/mol. The minimum absolute atomic E-state index is 0.213. The highest BCUT2D eigenvalue weighted by Crippen LogP contribution is 2.41. The van der Waals surface area contributed by atoms with Gasteiger partial charge in [0.1, 0.15) is 36.2 Å². The molecule has 3 rings (SSSR count). The quantitative estimate of drug-likeness (QED) is 0.443. The van der Waals surface area contributed by atoms with E-state index in [1.807, 2.05) is 28.7 Å². The molecule has 2 aromatic heterocycles. The third kappa shape index (κ3) is 1.90. The fraction of sp³-hybridized carbons (Fsp3) is 0.417. The van der Waals surface area contributed by atoms with Crippen molar-refractivity contribution in [2.45, 2.75) is 23.9 Å². The molecule has 4 atom stereocenters. The molecule has 1 fully saturated rings. The fourth-order valence-electron chi connectivity index (χ4n) is 2.62. The Morgan fingerprint density at radius 1 is 1.55 bits per heavy atom. The van der Waals surface area contributed by atoms with Gasteiger partial charge in [0, 0.05) is 3.57 Å². The Hall–Kier alpha value is -1.52. The normalized spacial score (nSPS) is 31.5. The summed E-state index contributed by atoms with van der Waals surface area (Å²) in [6.45, 7) is -0.529. The van der Waals surface area contributed by atoms with Gasteiger partial charge in [-0.15, -0.1) is 0 Å². The molecule has 1 saturated heterocycles. The summed E-state index contributed by atoms with van der Waals surface area (Å²) in [5, 5.41) is 43.1. The zero-order valence-electron chi connectivity index (χ0n) is 11.1. The first kappa shape index (κ1) is 15.4. The predicted octanol–water partition coefficient (Wildman–Crippen LogP) is -1.25. The molecule has 1 aliphatic heterocycles. The van der Waals surface area contributed by atoms with Crippen LogP contribution in [0.1, 0.15) is 5.69 Å². The summed E-state index contributed by atoms with van der Waals surface area (Å²) in [4.78, 5) is 3.89. The molecule has 10 heteroatoms. The Morgan fingerprint density at radius 3 is 2.86 bits per heavy atom. The number of hydrogen-bond acceptors (Lipinski definition) is 8. The lowest BCUT2D eigenvalue weighted by Crippen LogP contribution is -2.40. The number of rotatable bonds is 2. The van der Waals surface area contributed by atoms with E-state index in [1.54, 1.807) is 6.07 Å². The van der Waals surface area contributed by atoms with E-state index >= 15 is 0 Å². The van der Waals surface area contributed by atoms with Crippen molar-refractivity contribution in [3.05, 3.63) is 21.7 Å². The zero-order chi connectivity index (χ0) is 16.1. The number of anilines is 1. The van der Waals surface area contributed by atoms with E-state index in [9.17, 15) is 20.6 Å². The molecule has 2 aromatic rings. The first-order chi connectivity index (χ1) is 10.5. The van der Waals surface area contributed by atoms with Crippen molar-refractivity contribution >= 4 is 33.9 Å². The predicted molar refractivity (Wildman–Crippen MR) is 81.4 cm³/mol. The van der Waals surface area contributed by atoms with Gasteiger partial charge in [-0.2, -0.15) is 10.4 Å². The summed E-state index contributed by atoms with van der Waals surface area (Å²) < 4.78 is 7.50.